The standard InChI is InChI=1S/C13H12N2O2/c1-8-11-10(15-13(8)17-16-2)6-5-9-4-3-7-14-12(9)11/h3-7,15H,1-2H3. The smallest absolute Gasteiger partial charge is 0.238 e. The van der Waals surface area contributed by atoms with Crippen LogP contribution >= 0.6 is 0 Å². The van der Waals surface area contributed by atoms with E-state index < -0.39 is 0 Å². The van der Waals surface area contributed by atoms with Crippen LogP contribution in [-0.4, -0.2) is 17.1 Å². The molecule has 4 heteroatoms. The third kappa shape index (κ3) is 1.45. The molecule has 0 saturated heterocycles. The Labute approximate surface area is 98.1 Å². The predicted octanol–water partition coefficient (Wildman–Crippen LogP) is 2.96. The Morgan fingerprint density at radius 1 is 1.24 bits per heavy atom. The summed E-state index contributed by atoms with van der Waals surface area (Å²) in [5.41, 5.74) is 2.98. The number of nitrogens with zero attached hydrogens (tertiary/aromatic N) is 1. The number of hydrogen-bond donors (Lipinski definition) is 1. The van der Waals surface area contributed by atoms with Gasteiger partial charge in [0.1, 0.15) is 0 Å². The van der Waals surface area contributed by atoms with E-state index in [1.54, 1.807) is 6.20 Å². The third-order valence-electron chi connectivity index (χ3n) is 2.91. The topological polar surface area (TPSA) is 47.1 Å². The Morgan fingerprint density at radius 2 is 2.12 bits per heavy atom. The molecule has 0 fully saturated rings. The summed E-state index contributed by atoms with van der Waals surface area (Å²) in [6.45, 7) is 1.99. The van der Waals surface area contributed by atoms with Gasteiger partial charge in [0.15, 0.2) is 0 Å². The maximum atomic E-state index is 5.09. The SMILES string of the molecule is COOc1[nH]c2ccc3cccnc3c2c1C. The van der Waals surface area contributed by atoms with Crippen LogP contribution < -0.4 is 4.89 Å². The van der Waals surface area contributed by atoms with Crippen molar-refractivity contribution in [3.8, 4) is 5.88 Å². The molecule has 3 aromatic rings. The first-order valence-electron chi connectivity index (χ1n) is 5.38. The Bertz CT molecular complexity index is 688. The number of aromatic nitrogens is 2. The largest absolute Gasteiger partial charge is 0.323 e. The molecule has 0 spiro atoms. The molecule has 2 aromatic heterocycles. The molecule has 2 heterocycles. The summed E-state index contributed by atoms with van der Waals surface area (Å²) in [7, 11) is 1.49. The van der Waals surface area contributed by atoms with E-state index in [0.29, 0.717) is 5.88 Å². The quantitative estimate of drug-likeness (QED) is 0.542. The zero-order chi connectivity index (χ0) is 11.8. The second kappa shape index (κ2) is 3.75. The summed E-state index contributed by atoms with van der Waals surface area (Å²) >= 11 is 0. The highest BCUT2D eigenvalue weighted by atomic mass is 17.2. The molecular weight excluding hydrogens is 216 g/mol. The van der Waals surface area contributed by atoms with E-state index >= 15 is 0 Å². The molecule has 1 N–H and O–H groups in total. The van der Waals surface area contributed by atoms with Crippen molar-refractivity contribution < 1.29 is 9.78 Å². The Hall–Kier alpha value is -2.07. The van der Waals surface area contributed by atoms with Gasteiger partial charge >= 0.3 is 0 Å². The lowest BCUT2D eigenvalue weighted by Gasteiger charge is -1.99. The van der Waals surface area contributed by atoms with Gasteiger partial charge in [-0.2, -0.15) is 4.89 Å². The normalized spacial score (nSPS) is 11.2. The fourth-order valence-electron chi connectivity index (χ4n) is 2.13. The Kier molecular flexibility index (Phi) is 2.23. The molecule has 3 rings (SSSR count). The first-order valence-corrected chi connectivity index (χ1v) is 5.38. The van der Waals surface area contributed by atoms with Crippen LogP contribution in [0.1, 0.15) is 5.56 Å². The van der Waals surface area contributed by atoms with Crippen LogP contribution in [0.25, 0.3) is 21.8 Å². The first-order chi connectivity index (χ1) is 8.31. The van der Waals surface area contributed by atoms with Gasteiger partial charge in [-0.3, -0.25) is 4.98 Å². The summed E-state index contributed by atoms with van der Waals surface area (Å²) in [5.74, 6) is 0.626. The van der Waals surface area contributed by atoms with Gasteiger partial charge in [-0.1, -0.05) is 12.1 Å². The lowest BCUT2D eigenvalue weighted by atomic mass is 10.1. The van der Waals surface area contributed by atoms with E-state index in [4.69, 9.17) is 9.78 Å². The molecular formula is C13H12N2O2. The zero-order valence-corrected chi connectivity index (χ0v) is 9.65. The number of rotatable bonds is 2. The number of hydrogen-bond acceptors (Lipinski definition) is 3. The molecule has 17 heavy (non-hydrogen) atoms. The molecule has 0 saturated carbocycles. The molecule has 0 radical (unpaired) electrons. The lowest BCUT2D eigenvalue weighted by molar-refractivity contribution is -0.181. The van der Waals surface area contributed by atoms with Crippen LogP contribution in [0.5, 0.6) is 5.88 Å². The number of fused-ring (bicyclic) bond motifs is 3. The molecule has 0 aliphatic heterocycles. The number of benzene rings is 1. The van der Waals surface area contributed by atoms with E-state index in [0.717, 1.165) is 27.4 Å². The molecule has 0 amide bonds. The minimum Gasteiger partial charge on any atom is -0.323 e. The van der Waals surface area contributed by atoms with Gasteiger partial charge in [-0.05, 0) is 19.1 Å². The van der Waals surface area contributed by atoms with Crippen molar-refractivity contribution in [3.05, 3.63) is 36.0 Å². The van der Waals surface area contributed by atoms with Gasteiger partial charge in [0.2, 0.25) is 5.88 Å². The van der Waals surface area contributed by atoms with E-state index in [2.05, 4.69) is 9.97 Å². The van der Waals surface area contributed by atoms with Crippen molar-refractivity contribution in [2.24, 2.45) is 0 Å². The molecule has 1 aromatic carbocycles. The van der Waals surface area contributed by atoms with Crippen LogP contribution in [0, 0.1) is 6.92 Å². The average molecular weight is 228 g/mol. The molecule has 0 unspecified atom stereocenters. The number of nitrogens with one attached hydrogen (secondary N) is 1. The Morgan fingerprint density at radius 3 is 2.94 bits per heavy atom. The van der Waals surface area contributed by atoms with Crippen LogP contribution in [0.4, 0.5) is 0 Å². The summed E-state index contributed by atoms with van der Waals surface area (Å²) in [6, 6.07) is 8.04. The van der Waals surface area contributed by atoms with Crippen molar-refractivity contribution in [2.75, 3.05) is 7.11 Å². The van der Waals surface area contributed by atoms with Crippen molar-refractivity contribution in [1.82, 2.24) is 9.97 Å². The number of aryl methyl sites for hydroxylation is 1. The van der Waals surface area contributed by atoms with Crippen molar-refractivity contribution in [3.63, 3.8) is 0 Å². The predicted molar refractivity (Wildman–Crippen MR) is 66.0 cm³/mol. The number of pyridine rings is 1. The van der Waals surface area contributed by atoms with Crippen molar-refractivity contribution in [2.45, 2.75) is 6.92 Å². The third-order valence-corrected chi connectivity index (χ3v) is 2.91. The Balaban J connectivity index is 2.41. The summed E-state index contributed by atoms with van der Waals surface area (Å²) in [6.07, 6.45) is 1.80. The van der Waals surface area contributed by atoms with Crippen molar-refractivity contribution in [1.29, 1.82) is 0 Å². The second-order valence-corrected chi connectivity index (χ2v) is 3.89. The van der Waals surface area contributed by atoms with E-state index in [9.17, 15) is 0 Å². The minimum atomic E-state index is 0.626. The van der Waals surface area contributed by atoms with Crippen LogP contribution in [0.2, 0.25) is 0 Å². The van der Waals surface area contributed by atoms with Crippen LogP contribution in [0.15, 0.2) is 30.5 Å². The molecule has 4 nitrogen and oxygen atoms in total. The lowest BCUT2D eigenvalue weighted by Crippen LogP contribution is -1.91. The maximum absolute atomic E-state index is 5.09. The van der Waals surface area contributed by atoms with Gasteiger partial charge in [0, 0.05) is 22.5 Å². The van der Waals surface area contributed by atoms with Gasteiger partial charge in [0.25, 0.3) is 0 Å². The maximum Gasteiger partial charge on any atom is 0.238 e. The molecule has 0 bridgehead atoms. The van der Waals surface area contributed by atoms with Gasteiger partial charge in [0.05, 0.1) is 18.1 Å². The summed E-state index contributed by atoms with van der Waals surface area (Å²) < 4.78 is 0. The monoisotopic (exact) mass is 228 g/mol. The van der Waals surface area contributed by atoms with E-state index in [-0.39, 0.29) is 0 Å². The molecule has 86 valence electrons. The summed E-state index contributed by atoms with van der Waals surface area (Å²) in [4.78, 5) is 17.4. The van der Waals surface area contributed by atoms with Crippen molar-refractivity contribution >= 4 is 21.8 Å². The van der Waals surface area contributed by atoms with E-state index in [1.165, 1.54) is 7.11 Å². The second-order valence-electron chi connectivity index (χ2n) is 3.89. The van der Waals surface area contributed by atoms with Gasteiger partial charge < -0.3 is 9.87 Å². The van der Waals surface area contributed by atoms with E-state index in [1.807, 2.05) is 31.2 Å². The highest BCUT2D eigenvalue weighted by molar-refractivity contribution is 6.06. The summed E-state index contributed by atoms with van der Waals surface area (Å²) in [5, 5.41) is 2.20. The van der Waals surface area contributed by atoms with Crippen LogP contribution in [-0.2, 0) is 4.89 Å². The van der Waals surface area contributed by atoms with Gasteiger partial charge in [-0.25, -0.2) is 0 Å². The highest BCUT2D eigenvalue weighted by Crippen LogP contribution is 2.32. The van der Waals surface area contributed by atoms with Crippen LogP contribution in [0.3, 0.4) is 0 Å². The number of aromatic amines is 1. The highest BCUT2D eigenvalue weighted by Gasteiger charge is 2.12. The molecule has 0 atom stereocenters. The molecule has 0 aliphatic rings. The fourth-order valence-corrected chi connectivity index (χ4v) is 2.13. The van der Waals surface area contributed by atoms with Gasteiger partial charge in [-0.15, -0.1) is 0 Å². The zero-order valence-electron chi connectivity index (χ0n) is 9.65. The molecule has 0 aliphatic carbocycles. The first kappa shape index (κ1) is 10.1. The fraction of sp³-hybridized carbons (Fsp3) is 0.154. The number of H-pyrrole nitrogens is 1. The minimum absolute atomic E-state index is 0.626. The average Bonchev–Trinajstić information content (AvgIpc) is 2.67.